The smallest absolute Gasteiger partial charge is 0.332 e. The van der Waals surface area contributed by atoms with Crippen molar-refractivity contribution < 1.29 is 18.0 Å². The third-order valence-electron chi connectivity index (χ3n) is 1.36. The molecule has 0 aromatic heterocycles. The summed E-state index contributed by atoms with van der Waals surface area (Å²) in [4.78, 5) is 11.8. The van der Waals surface area contributed by atoms with Gasteiger partial charge < -0.3 is 4.90 Å². The van der Waals surface area contributed by atoms with Crippen molar-refractivity contribution in [2.45, 2.75) is 19.0 Å². The molecule has 0 N–H and O–H groups in total. The van der Waals surface area contributed by atoms with E-state index in [1.54, 1.807) is 6.07 Å². The molecule has 0 spiro atoms. The summed E-state index contributed by atoms with van der Waals surface area (Å²) >= 11 is 0. The van der Waals surface area contributed by atoms with Crippen LogP contribution in [0.2, 0.25) is 0 Å². The molecule has 0 rings (SSSR count). The molecule has 13 heavy (non-hydrogen) atoms. The number of hydrogen-bond donors (Lipinski definition) is 0. The Morgan fingerprint density at radius 1 is 1.54 bits per heavy atom. The number of carbonyl (C=O) groups excluding carboxylic acids is 1. The Morgan fingerprint density at radius 2 is 2.08 bits per heavy atom. The lowest BCUT2D eigenvalue weighted by molar-refractivity contribution is -0.148. The molecule has 0 aromatic carbocycles. The molecule has 0 bridgehead atoms. The van der Waals surface area contributed by atoms with Crippen molar-refractivity contribution in [1.82, 2.24) is 4.90 Å². The highest BCUT2D eigenvalue weighted by molar-refractivity contribution is 5.76. The van der Waals surface area contributed by atoms with Crippen LogP contribution in [0.5, 0.6) is 0 Å². The second-order valence-corrected chi connectivity index (χ2v) is 2.52. The molecule has 0 aliphatic carbocycles. The van der Waals surface area contributed by atoms with E-state index >= 15 is 0 Å². The lowest BCUT2D eigenvalue weighted by atomic mass is 10.3. The van der Waals surface area contributed by atoms with E-state index in [1.165, 1.54) is 7.05 Å². The maximum atomic E-state index is 11.6. The molecule has 0 aliphatic heterocycles. The van der Waals surface area contributed by atoms with Crippen LogP contribution in [-0.4, -0.2) is 30.6 Å². The van der Waals surface area contributed by atoms with E-state index in [9.17, 15) is 18.0 Å². The van der Waals surface area contributed by atoms with Gasteiger partial charge in [-0.3, -0.25) is 4.79 Å². The van der Waals surface area contributed by atoms with Crippen molar-refractivity contribution in [3.63, 3.8) is 0 Å². The largest absolute Gasteiger partial charge is 0.389 e. The third-order valence-corrected chi connectivity index (χ3v) is 1.36. The van der Waals surface area contributed by atoms with Gasteiger partial charge in [-0.2, -0.15) is 18.4 Å². The number of nitriles is 1. The van der Waals surface area contributed by atoms with E-state index in [4.69, 9.17) is 5.26 Å². The molecule has 0 aromatic rings. The fourth-order valence-electron chi connectivity index (χ4n) is 0.634. The minimum atomic E-state index is -4.32. The van der Waals surface area contributed by atoms with E-state index in [-0.39, 0.29) is 6.54 Å². The van der Waals surface area contributed by atoms with Crippen LogP contribution in [0.1, 0.15) is 12.8 Å². The Kier molecular flexibility index (Phi) is 4.25. The molecule has 0 fully saturated rings. The van der Waals surface area contributed by atoms with Crippen LogP contribution >= 0.6 is 0 Å². The van der Waals surface area contributed by atoms with Crippen LogP contribution in [-0.2, 0) is 4.79 Å². The zero-order chi connectivity index (χ0) is 10.5. The molecule has 74 valence electrons. The summed E-state index contributed by atoms with van der Waals surface area (Å²) in [6.07, 6.45) is -6.05. The van der Waals surface area contributed by atoms with Gasteiger partial charge in [-0.1, -0.05) is 0 Å². The Morgan fingerprint density at radius 3 is 2.46 bits per heavy atom. The van der Waals surface area contributed by atoms with Crippen molar-refractivity contribution in [2.75, 3.05) is 13.6 Å². The van der Waals surface area contributed by atoms with E-state index in [0.29, 0.717) is 0 Å². The van der Waals surface area contributed by atoms with Gasteiger partial charge in [0.15, 0.2) is 0 Å². The second-order valence-electron chi connectivity index (χ2n) is 2.52. The summed E-state index contributed by atoms with van der Waals surface area (Å²) in [5.74, 6) is -0.668. The number of halogens is 3. The van der Waals surface area contributed by atoms with Gasteiger partial charge in [0, 0.05) is 13.5 Å². The SMILES string of the molecule is CN(CC#N)C(=O)CCC(F)(F)F. The normalized spacial score (nSPS) is 10.7. The van der Waals surface area contributed by atoms with Crippen molar-refractivity contribution in [3.05, 3.63) is 0 Å². The van der Waals surface area contributed by atoms with Gasteiger partial charge in [0.25, 0.3) is 0 Å². The van der Waals surface area contributed by atoms with E-state index < -0.39 is 24.9 Å². The van der Waals surface area contributed by atoms with Crippen molar-refractivity contribution in [3.8, 4) is 6.07 Å². The Balaban J connectivity index is 3.83. The molecule has 0 saturated carbocycles. The topological polar surface area (TPSA) is 44.1 Å². The van der Waals surface area contributed by atoms with E-state index in [0.717, 1.165) is 4.90 Å². The van der Waals surface area contributed by atoms with Gasteiger partial charge in [0.2, 0.25) is 5.91 Å². The highest BCUT2D eigenvalue weighted by Gasteiger charge is 2.28. The third kappa shape index (κ3) is 5.96. The van der Waals surface area contributed by atoms with Gasteiger partial charge >= 0.3 is 6.18 Å². The van der Waals surface area contributed by atoms with Crippen molar-refractivity contribution in [1.29, 1.82) is 5.26 Å². The van der Waals surface area contributed by atoms with Crippen molar-refractivity contribution >= 4 is 5.91 Å². The summed E-state index contributed by atoms with van der Waals surface area (Å²) in [6.45, 7) is -0.184. The monoisotopic (exact) mass is 194 g/mol. The zero-order valence-electron chi connectivity index (χ0n) is 7.06. The molecule has 1 amide bonds. The van der Waals surface area contributed by atoms with Gasteiger partial charge in [-0.25, -0.2) is 0 Å². The molecule has 0 saturated heterocycles. The molecular formula is C7H9F3N2O. The number of carbonyl (C=O) groups is 1. The fraction of sp³-hybridized carbons (Fsp3) is 0.714. The van der Waals surface area contributed by atoms with Crippen LogP contribution in [0.3, 0.4) is 0 Å². The highest BCUT2D eigenvalue weighted by Crippen LogP contribution is 2.21. The molecule has 0 atom stereocenters. The maximum absolute atomic E-state index is 11.6. The molecule has 0 radical (unpaired) electrons. The van der Waals surface area contributed by atoms with Crippen LogP contribution in [0.4, 0.5) is 13.2 Å². The minimum Gasteiger partial charge on any atom is -0.332 e. The number of rotatable bonds is 3. The maximum Gasteiger partial charge on any atom is 0.389 e. The van der Waals surface area contributed by atoms with Gasteiger partial charge in [-0.15, -0.1) is 0 Å². The Labute approximate surface area is 73.7 Å². The summed E-state index contributed by atoms with van der Waals surface area (Å²) < 4.78 is 34.9. The number of nitrogens with zero attached hydrogens (tertiary/aromatic N) is 2. The summed E-state index contributed by atoms with van der Waals surface area (Å²) in [5, 5.41) is 8.15. The quantitative estimate of drug-likeness (QED) is 0.636. The van der Waals surface area contributed by atoms with Gasteiger partial charge in [0.1, 0.15) is 6.54 Å². The zero-order valence-corrected chi connectivity index (χ0v) is 7.06. The first kappa shape index (κ1) is 11.8. The second kappa shape index (κ2) is 4.70. The van der Waals surface area contributed by atoms with E-state index in [1.807, 2.05) is 0 Å². The molecule has 0 unspecified atom stereocenters. The van der Waals surface area contributed by atoms with Crippen LogP contribution in [0.25, 0.3) is 0 Å². The van der Waals surface area contributed by atoms with Crippen LogP contribution in [0.15, 0.2) is 0 Å². The first-order valence-electron chi connectivity index (χ1n) is 3.54. The summed E-state index contributed by atoms with van der Waals surface area (Å²) in [5.41, 5.74) is 0. The molecule has 0 aliphatic rings. The lowest BCUT2D eigenvalue weighted by Gasteiger charge is -2.13. The number of hydrogen-bond acceptors (Lipinski definition) is 2. The highest BCUT2D eigenvalue weighted by atomic mass is 19.4. The van der Waals surface area contributed by atoms with Crippen molar-refractivity contribution in [2.24, 2.45) is 0 Å². The predicted octanol–water partition coefficient (Wildman–Crippen LogP) is 1.31. The fourth-order valence-corrected chi connectivity index (χ4v) is 0.634. The number of alkyl halides is 3. The molecule has 3 nitrogen and oxygen atoms in total. The molecule has 6 heteroatoms. The Bertz CT molecular complexity index is 219. The first-order valence-corrected chi connectivity index (χ1v) is 3.54. The summed E-state index contributed by atoms with van der Waals surface area (Å²) in [7, 11) is 1.29. The minimum absolute atomic E-state index is 0.184. The number of amides is 1. The average molecular weight is 194 g/mol. The van der Waals surface area contributed by atoms with Crippen LogP contribution < -0.4 is 0 Å². The predicted molar refractivity (Wildman–Crippen MR) is 38.5 cm³/mol. The van der Waals surface area contributed by atoms with Crippen LogP contribution in [0, 0.1) is 11.3 Å². The lowest BCUT2D eigenvalue weighted by Crippen LogP contribution is -2.28. The average Bonchev–Trinajstić information content (AvgIpc) is 1.99. The Hall–Kier alpha value is -1.25. The van der Waals surface area contributed by atoms with Gasteiger partial charge in [-0.05, 0) is 0 Å². The summed E-state index contributed by atoms with van der Waals surface area (Å²) in [6, 6.07) is 1.67. The van der Waals surface area contributed by atoms with Gasteiger partial charge in [0.05, 0.1) is 12.5 Å². The van der Waals surface area contributed by atoms with E-state index in [2.05, 4.69) is 0 Å². The first-order chi connectivity index (χ1) is 5.87. The molecule has 0 heterocycles. The molecular weight excluding hydrogens is 185 g/mol. The standard InChI is InChI=1S/C7H9F3N2O/c1-12(5-4-11)6(13)2-3-7(8,9)10/h2-3,5H2,1H3.